The standard InChI is InChI=1S/C10H7Cl2N5O3/c11-6-2-1-5(17(18)19)3-8(6)20-9-7(12)4-14-10(15-9)16-13/h1-4H,13H2,(H,14,15,16). The molecule has 104 valence electrons. The number of nitrogens with one attached hydrogen (secondary N) is 1. The first-order valence-corrected chi connectivity index (χ1v) is 5.88. The molecule has 0 saturated carbocycles. The van der Waals surface area contributed by atoms with Crippen LogP contribution in [0.3, 0.4) is 0 Å². The molecule has 3 N–H and O–H groups in total. The van der Waals surface area contributed by atoms with E-state index in [0.29, 0.717) is 0 Å². The van der Waals surface area contributed by atoms with Crippen LogP contribution in [0.2, 0.25) is 10.0 Å². The number of ether oxygens (including phenoxy) is 1. The summed E-state index contributed by atoms with van der Waals surface area (Å²) in [7, 11) is 0. The third kappa shape index (κ3) is 3.05. The molecular weight excluding hydrogens is 309 g/mol. The molecule has 1 heterocycles. The van der Waals surface area contributed by atoms with Crippen LogP contribution in [0.4, 0.5) is 11.6 Å². The molecule has 0 aliphatic carbocycles. The van der Waals surface area contributed by atoms with Crippen LogP contribution in [-0.2, 0) is 0 Å². The summed E-state index contributed by atoms with van der Waals surface area (Å²) in [6.07, 6.45) is 1.27. The van der Waals surface area contributed by atoms with E-state index in [4.69, 9.17) is 33.8 Å². The van der Waals surface area contributed by atoms with Gasteiger partial charge in [0.15, 0.2) is 5.75 Å². The van der Waals surface area contributed by atoms with Crippen molar-refractivity contribution in [1.29, 1.82) is 0 Å². The maximum absolute atomic E-state index is 10.7. The van der Waals surface area contributed by atoms with Crippen molar-refractivity contribution in [3.63, 3.8) is 0 Å². The van der Waals surface area contributed by atoms with E-state index in [0.717, 1.165) is 6.07 Å². The minimum Gasteiger partial charge on any atom is -0.436 e. The van der Waals surface area contributed by atoms with Gasteiger partial charge in [0.05, 0.1) is 22.2 Å². The summed E-state index contributed by atoms with van der Waals surface area (Å²) in [5, 5.41) is 11.0. The Morgan fingerprint density at radius 1 is 1.35 bits per heavy atom. The first-order chi connectivity index (χ1) is 9.51. The average molecular weight is 316 g/mol. The van der Waals surface area contributed by atoms with Gasteiger partial charge in [-0.05, 0) is 6.07 Å². The fourth-order valence-electron chi connectivity index (χ4n) is 1.28. The van der Waals surface area contributed by atoms with Crippen LogP contribution in [0, 0.1) is 10.1 Å². The number of hydrogen-bond donors (Lipinski definition) is 2. The smallest absolute Gasteiger partial charge is 0.273 e. The van der Waals surface area contributed by atoms with E-state index in [1.807, 2.05) is 0 Å². The summed E-state index contributed by atoms with van der Waals surface area (Å²) in [6, 6.07) is 3.76. The summed E-state index contributed by atoms with van der Waals surface area (Å²) in [5.41, 5.74) is 2.05. The minimum atomic E-state index is -0.572. The highest BCUT2D eigenvalue weighted by Crippen LogP contribution is 2.34. The van der Waals surface area contributed by atoms with Gasteiger partial charge in [0, 0.05) is 6.07 Å². The first-order valence-electron chi connectivity index (χ1n) is 5.12. The molecule has 0 radical (unpaired) electrons. The van der Waals surface area contributed by atoms with Gasteiger partial charge in [-0.2, -0.15) is 4.98 Å². The number of nitro benzene ring substituents is 1. The number of benzene rings is 1. The van der Waals surface area contributed by atoms with Crippen LogP contribution < -0.4 is 16.0 Å². The normalized spacial score (nSPS) is 10.2. The molecular formula is C10H7Cl2N5O3. The Labute approximate surface area is 122 Å². The lowest BCUT2D eigenvalue weighted by Crippen LogP contribution is -2.10. The number of nitrogens with zero attached hydrogens (tertiary/aromatic N) is 3. The zero-order valence-corrected chi connectivity index (χ0v) is 11.2. The van der Waals surface area contributed by atoms with Crippen molar-refractivity contribution in [3.8, 4) is 11.6 Å². The van der Waals surface area contributed by atoms with Crippen molar-refractivity contribution in [3.05, 3.63) is 44.6 Å². The Morgan fingerprint density at radius 3 is 2.75 bits per heavy atom. The van der Waals surface area contributed by atoms with E-state index in [2.05, 4.69) is 15.4 Å². The summed E-state index contributed by atoms with van der Waals surface area (Å²) in [6.45, 7) is 0. The summed E-state index contributed by atoms with van der Waals surface area (Å²) in [4.78, 5) is 17.8. The Hall–Kier alpha value is -2.16. The second kappa shape index (κ2) is 5.87. The van der Waals surface area contributed by atoms with E-state index >= 15 is 0 Å². The number of nitrogen functional groups attached to an aromatic ring is 1. The highest BCUT2D eigenvalue weighted by atomic mass is 35.5. The van der Waals surface area contributed by atoms with Gasteiger partial charge in [0.25, 0.3) is 5.69 Å². The minimum absolute atomic E-state index is 0.0305. The van der Waals surface area contributed by atoms with Gasteiger partial charge in [-0.3, -0.25) is 15.5 Å². The van der Waals surface area contributed by atoms with Gasteiger partial charge >= 0.3 is 0 Å². The Bertz CT molecular complexity index is 667. The van der Waals surface area contributed by atoms with Gasteiger partial charge in [-0.1, -0.05) is 23.2 Å². The van der Waals surface area contributed by atoms with Crippen molar-refractivity contribution in [2.24, 2.45) is 5.84 Å². The molecule has 8 nitrogen and oxygen atoms in total. The van der Waals surface area contributed by atoms with E-state index in [9.17, 15) is 10.1 Å². The molecule has 20 heavy (non-hydrogen) atoms. The van der Waals surface area contributed by atoms with Crippen LogP contribution in [0.1, 0.15) is 0 Å². The van der Waals surface area contributed by atoms with Crippen molar-refractivity contribution < 1.29 is 9.66 Å². The second-order valence-electron chi connectivity index (χ2n) is 3.46. The van der Waals surface area contributed by atoms with Crippen LogP contribution in [0.25, 0.3) is 0 Å². The SMILES string of the molecule is NNc1ncc(Cl)c(Oc2cc([N+](=O)[O-])ccc2Cl)n1. The van der Waals surface area contributed by atoms with Crippen LogP contribution in [-0.4, -0.2) is 14.9 Å². The zero-order chi connectivity index (χ0) is 14.7. The molecule has 0 atom stereocenters. The average Bonchev–Trinajstić information content (AvgIpc) is 2.43. The maximum atomic E-state index is 10.7. The summed E-state index contributed by atoms with van der Waals surface area (Å²) < 4.78 is 5.36. The van der Waals surface area contributed by atoms with Gasteiger partial charge in [0.2, 0.25) is 11.8 Å². The fraction of sp³-hybridized carbons (Fsp3) is 0. The number of hydrogen-bond acceptors (Lipinski definition) is 7. The largest absolute Gasteiger partial charge is 0.436 e. The van der Waals surface area contributed by atoms with E-state index in [1.165, 1.54) is 18.3 Å². The van der Waals surface area contributed by atoms with Gasteiger partial charge in [-0.15, -0.1) is 0 Å². The fourth-order valence-corrected chi connectivity index (χ4v) is 1.57. The molecule has 0 spiro atoms. The first kappa shape index (κ1) is 14.3. The molecule has 0 unspecified atom stereocenters. The Kier molecular flexibility index (Phi) is 4.18. The number of non-ortho nitro benzene ring substituents is 1. The Morgan fingerprint density at radius 2 is 2.10 bits per heavy atom. The van der Waals surface area contributed by atoms with Crippen LogP contribution >= 0.6 is 23.2 Å². The molecule has 1 aromatic carbocycles. The van der Waals surface area contributed by atoms with Crippen molar-refractivity contribution >= 4 is 34.8 Å². The molecule has 0 fully saturated rings. The zero-order valence-electron chi connectivity index (χ0n) is 9.71. The lowest BCUT2D eigenvalue weighted by atomic mass is 10.3. The highest BCUT2D eigenvalue weighted by Gasteiger charge is 2.14. The predicted molar refractivity (Wildman–Crippen MR) is 73.0 cm³/mol. The third-order valence-corrected chi connectivity index (χ3v) is 2.74. The van der Waals surface area contributed by atoms with Gasteiger partial charge in [-0.25, -0.2) is 10.8 Å². The number of nitrogens with two attached hydrogens (primary N) is 1. The lowest BCUT2D eigenvalue weighted by Gasteiger charge is -2.08. The van der Waals surface area contributed by atoms with Crippen LogP contribution in [0.15, 0.2) is 24.4 Å². The predicted octanol–water partition coefficient (Wildman–Crippen LogP) is 2.77. The number of hydrazine groups is 1. The van der Waals surface area contributed by atoms with E-state index in [1.54, 1.807) is 0 Å². The molecule has 0 saturated heterocycles. The third-order valence-electron chi connectivity index (χ3n) is 2.17. The number of aromatic nitrogens is 2. The molecule has 0 bridgehead atoms. The molecule has 1 aromatic heterocycles. The maximum Gasteiger partial charge on any atom is 0.273 e. The van der Waals surface area contributed by atoms with Crippen molar-refractivity contribution in [2.75, 3.05) is 5.43 Å². The number of nitro groups is 1. The van der Waals surface area contributed by atoms with Gasteiger partial charge in [0.1, 0.15) is 5.02 Å². The van der Waals surface area contributed by atoms with E-state index in [-0.39, 0.29) is 33.3 Å². The molecule has 0 aliphatic rings. The van der Waals surface area contributed by atoms with E-state index < -0.39 is 4.92 Å². The molecule has 0 aliphatic heterocycles. The highest BCUT2D eigenvalue weighted by molar-refractivity contribution is 6.32. The van der Waals surface area contributed by atoms with Crippen molar-refractivity contribution in [1.82, 2.24) is 9.97 Å². The number of rotatable bonds is 4. The van der Waals surface area contributed by atoms with Gasteiger partial charge < -0.3 is 4.74 Å². The topological polar surface area (TPSA) is 116 Å². The second-order valence-corrected chi connectivity index (χ2v) is 4.28. The van der Waals surface area contributed by atoms with Crippen molar-refractivity contribution in [2.45, 2.75) is 0 Å². The molecule has 2 rings (SSSR count). The number of halogens is 2. The quantitative estimate of drug-likeness (QED) is 0.506. The Balaban J connectivity index is 2.38. The van der Waals surface area contributed by atoms with Crippen LogP contribution in [0.5, 0.6) is 11.6 Å². The lowest BCUT2D eigenvalue weighted by molar-refractivity contribution is -0.384. The summed E-state index contributed by atoms with van der Waals surface area (Å²) >= 11 is 11.8. The number of anilines is 1. The monoisotopic (exact) mass is 315 g/mol. The molecule has 10 heteroatoms. The molecule has 0 amide bonds. The summed E-state index contributed by atoms with van der Waals surface area (Å²) in [5.74, 6) is 5.26. The molecule has 2 aromatic rings.